The van der Waals surface area contributed by atoms with Gasteiger partial charge in [-0.25, -0.2) is 13.1 Å². The highest BCUT2D eigenvalue weighted by atomic mass is 79.9. The number of benzene rings is 1. The van der Waals surface area contributed by atoms with Crippen molar-refractivity contribution in [1.82, 2.24) is 4.72 Å². The van der Waals surface area contributed by atoms with Crippen LogP contribution in [-0.2, 0) is 14.8 Å². The van der Waals surface area contributed by atoms with Crippen molar-refractivity contribution in [1.29, 1.82) is 0 Å². The van der Waals surface area contributed by atoms with Crippen LogP contribution in [0.3, 0.4) is 0 Å². The van der Waals surface area contributed by atoms with Crippen LogP contribution in [0.1, 0.15) is 13.3 Å². The highest BCUT2D eigenvalue weighted by molar-refractivity contribution is 9.11. The third kappa shape index (κ3) is 3.14. The van der Waals surface area contributed by atoms with Crippen LogP contribution < -0.4 is 4.72 Å². The fourth-order valence-electron chi connectivity index (χ4n) is 1.82. The van der Waals surface area contributed by atoms with E-state index in [-0.39, 0.29) is 4.90 Å². The highest BCUT2D eigenvalue weighted by Crippen LogP contribution is 2.28. The molecule has 0 radical (unpaired) electrons. The third-order valence-corrected chi connectivity index (χ3v) is 5.89. The molecule has 0 aliphatic carbocycles. The van der Waals surface area contributed by atoms with Gasteiger partial charge in [-0.15, -0.1) is 0 Å². The Morgan fingerprint density at radius 3 is 2.67 bits per heavy atom. The van der Waals surface area contributed by atoms with Gasteiger partial charge in [-0.3, -0.25) is 0 Å². The smallest absolute Gasteiger partial charge is 0.242 e. The van der Waals surface area contributed by atoms with Crippen LogP contribution in [0.15, 0.2) is 32.0 Å². The van der Waals surface area contributed by atoms with Gasteiger partial charge in [-0.2, -0.15) is 0 Å². The first-order valence-corrected chi connectivity index (χ1v) is 8.46. The number of rotatable bonds is 3. The second-order valence-electron chi connectivity index (χ2n) is 4.54. The fraction of sp³-hybridized carbons (Fsp3) is 0.455. The normalized spacial score (nSPS) is 24.4. The van der Waals surface area contributed by atoms with Crippen molar-refractivity contribution in [2.24, 2.45) is 0 Å². The molecule has 4 nitrogen and oxygen atoms in total. The molecule has 7 heteroatoms. The molecular weight excluding hydrogens is 386 g/mol. The molecule has 0 bridgehead atoms. The maximum Gasteiger partial charge on any atom is 0.242 e. The van der Waals surface area contributed by atoms with Crippen LogP contribution in [0.25, 0.3) is 0 Å². The number of sulfonamides is 1. The maximum absolute atomic E-state index is 12.3. The first kappa shape index (κ1) is 14.5. The molecule has 0 saturated carbocycles. The third-order valence-electron chi connectivity index (χ3n) is 2.78. The van der Waals surface area contributed by atoms with E-state index < -0.39 is 15.6 Å². The number of hydrogen-bond acceptors (Lipinski definition) is 3. The first-order valence-electron chi connectivity index (χ1n) is 5.39. The van der Waals surface area contributed by atoms with Gasteiger partial charge in [-0.1, -0.05) is 15.9 Å². The molecule has 18 heavy (non-hydrogen) atoms. The molecule has 100 valence electrons. The minimum Gasteiger partial charge on any atom is -0.379 e. The molecule has 1 saturated heterocycles. The van der Waals surface area contributed by atoms with E-state index in [0.717, 1.165) is 4.47 Å². The van der Waals surface area contributed by atoms with Crippen molar-refractivity contribution in [3.05, 3.63) is 27.1 Å². The fourth-order valence-corrected chi connectivity index (χ4v) is 4.99. The topological polar surface area (TPSA) is 55.4 Å². The highest BCUT2D eigenvalue weighted by Gasteiger charge is 2.35. The monoisotopic (exact) mass is 397 g/mol. The van der Waals surface area contributed by atoms with Crippen molar-refractivity contribution in [3.63, 3.8) is 0 Å². The van der Waals surface area contributed by atoms with Gasteiger partial charge in [0.2, 0.25) is 10.0 Å². The van der Waals surface area contributed by atoms with E-state index >= 15 is 0 Å². The zero-order chi connectivity index (χ0) is 13.4. The van der Waals surface area contributed by atoms with Gasteiger partial charge in [0.25, 0.3) is 0 Å². The summed E-state index contributed by atoms with van der Waals surface area (Å²) in [7, 11) is -3.55. The zero-order valence-corrected chi connectivity index (χ0v) is 13.7. The van der Waals surface area contributed by atoms with E-state index in [1.807, 2.05) is 6.92 Å². The minimum absolute atomic E-state index is 0.235. The van der Waals surface area contributed by atoms with Crippen LogP contribution in [0, 0.1) is 0 Å². The predicted molar refractivity (Wildman–Crippen MR) is 76.0 cm³/mol. The molecule has 1 aromatic rings. The van der Waals surface area contributed by atoms with Crippen molar-refractivity contribution in [2.45, 2.75) is 23.8 Å². The van der Waals surface area contributed by atoms with E-state index in [0.29, 0.717) is 24.1 Å². The Labute approximate surface area is 123 Å². The SMILES string of the molecule is CC1(NS(=O)(=O)c2ccc(Br)cc2Br)CCOC1. The summed E-state index contributed by atoms with van der Waals surface area (Å²) in [4.78, 5) is 0.235. The van der Waals surface area contributed by atoms with E-state index in [9.17, 15) is 8.42 Å². The summed E-state index contributed by atoms with van der Waals surface area (Å²) < 4.78 is 33.9. The van der Waals surface area contributed by atoms with Gasteiger partial charge in [-0.05, 0) is 47.5 Å². The maximum atomic E-state index is 12.3. The largest absolute Gasteiger partial charge is 0.379 e. The average Bonchev–Trinajstić information content (AvgIpc) is 2.62. The van der Waals surface area contributed by atoms with Gasteiger partial charge in [0.1, 0.15) is 0 Å². The standard InChI is InChI=1S/C11H13Br2NO3S/c1-11(4-5-17-7-11)14-18(15,16)10-3-2-8(12)6-9(10)13/h2-3,6,14H,4-5,7H2,1H3. The lowest BCUT2D eigenvalue weighted by atomic mass is 10.0. The number of halogens is 2. The van der Waals surface area contributed by atoms with Gasteiger partial charge in [0.15, 0.2) is 0 Å². The molecular formula is C11H13Br2NO3S. The predicted octanol–water partition coefficient (Wildman–Crippen LogP) is 2.67. The second-order valence-corrected chi connectivity index (χ2v) is 7.96. The Kier molecular flexibility index (Phi) is 4.18. The van der Waals surface area contributed by atoms with E-state index in [1.165, 1.54) is 0 Å². The lowest BCUT2D eigenvalue weighted by Crippen LogP contribution is -2.46. The molecule has 1 aliphatic rings. The Morgan fingerprint density at radius 1 is 1.39 bits per heavy atom. The summed E-state index contributed by atoms with van der Waals surface area (Å²) in [5.41, 5.74) is -0.522. The zero-order valence-electron chi connectivity index (χ0n) is 9.74. The van der Waals surface area contributed by atoms with Crippen molar-refractivity contribution in [3.8, 4) is 0 Å². The van der Waals surface area contributed by atoms with Crippen LogP contribution in [-0.4, -0.2) is 27.2 Å². The van der Waals surface area contributed by atoms with Crippen LogP contribution in [0.5, 0.6) is 0 Å². The van der Waals surface area contributed by atoms with Crippen LogP contribution in [0.2, 0.25) is 0 Å². The molecule has 1 aliphatic heterocycles. The molecule has 1 heterocycles. The Balaban J connectivity index is 2.30. The summed E-state index contributed by atoms with van der Waals surface area (Å²) >= 11 is 6.57. The molecule has 0 amide bonds. The van der Waals surface area contributed by atoms with Crippen molar-refractivity contribution in [2.75, 3.05) is 13.2 Å². The lowest BCUT2D eigenvalue weighted by molar-refractivity contribution is 0.178. The van der Waals surface area contributed by atoms with Crippen molar-refractivity contribution >= 4 is 41.9 Å². The van der Waals surface area contributed by atoms with Gasteiger partial charge >= 0.3 is 0 Å². The number of ether oxygens (including phenoxy) is 1. The molecule has 2 rings (SSSR count). The molecule has 1 aromatic carbocycles. The summed E-state index contributed by atoms with van der Waals surface area (Å²) in [5.74, 6) is 0. The Morgan fingerprint density at radius 2 is 2.11 bits per heavy atom. The molecule has 1 fully saturated rings. The Hall–Kier alpha value is 0.0500. The van der Waals surface area contributed by atoms with E-state index in [1.54, 1.807) is 18.2 Å². The van der Waals surface area contributed by atoms with Crippen LogP contribution >= 0.6 is 31.9 Å². The quantitative estimate of drug-likeness (QED) is 0.851. The van der Waals surface area contributed by atoms with Crippen molar-refractivity contribution < 1.29 is 13.2 Å². The van der Waals surface area contributed by atoms with Crippen LogP contribution in [0.4, 0.5) is 0 Å². The lowest BCUT2D eigenvalue weighted by Gasteiger charge is -2.23. The first-order chi connectivity index (χ1) is 8.32. The Bertz CT molecular complexity index is 553. The van der Waals surface area contributed by atoms with Gasteiger partial charge in [0, 0.05) is 15.6 Å². The van der Waals surface area contributed by atoms with E-state index in [4.69, 9.17) is 4.74 Å². The summed E-state index contributed by atoms with van der Waals surface area (Å²) in [6.07, 6.45) is 0.681. The molecule has 1 N–H and O–H groups in total. The summed E-state index contributed by atoms with van der Waals surface area (Å²) in [5, 5.41) is 0. The second kappa shape index (κ2) is 5.20. The van der Waals surface area contributed by atoms with E-state index in [2.05, 4.69) is 36.6 Å². The molecule has 1 atom stereocenters. The number of nitrogens with one attached hydrogen (secondary N) is 1. The molecule has 0 spiro atoms. The minimum atomic E-state index is -3.55. The summed E-state index contributed by atoms with van der Waals surface area (Å²) in [6.45, 7) is 2.84. The van der Waals surface area contributed by atoms with Gasteiger partial charge in [0.05, 0.1) is 17.0 Å². The van der Waals surface area contributed by atoms with Gasteiger partial charge < -0.3 is 4.74 Å². The average molecular weight is 399 g/mol. The summed E-state index contributed by atoms with van der Waals surface area (Å²) in [6, 6.07) is 4.98. The molecule has 0 aromatic heterocycles. The number of hydrogen-bond donors (Lipinski definition) is 1. The molecule has 1 unspecified atom stereocenters.